The molecule has 0 radical (unpaired) electrons. The molecule has 0 aliphatic heterocycles. The van der Waals surface area contributed by atoms with Crippen molar-refractivity contribution in [2.45, 2.75) is 25.8 Å². The van der Waals surface area contributed by atoms with Gasteiger partial charge in [-0.05, 0) is 6.42 Å². The Morgan fingerprint density at radius 1 is 1.32 bits per heavy atom. The zero-order valence-electron chi connectivity index (χ0n) is 11.2. The van der Waals surface area contributed by atoms with Crippen molar-refractivity contribution >= 4 is 11.3 Å². The summed E-state index contributed by atoms with van der Waals surface area (Å²) in [5, 5.41) is 15.7. The molecule has 1 unspecified atom stereocenters. The van der Waals surface area contributed by atoms with Gasteiger partial charge in [0.15, 0.2) is 0 Å². The fourth-order valence-electron chi connectivity index (χ4n) is 1.89. The quantitative estimate of drug-likeness (QED) is 0.817. The summed E-state index contributed by atoms with van der Waals surface area (Å²) in [6, 6.07) is 10.4. The second-order valence-corrected chi connectivity index (χ2v) is 5.43. The van der Waals surface area contributed by atoms with Crippen LogP contribution in [0.5, 0.6) is 0 Å². The van der Waals surface area contributed by atoms with Crippen LogP contribution in [-0.2, 0) is 6.42 Å². The molecular weight excluding hydrogens is 256 g/mol. The summed E-state index contributed by atoms with van der Waals surface area (Å²) in [7, 11) is 0. The molecule has 19 heavy (non-hydrogen) atoms. The number of aliphatic hydroxyl groups is 1. The number of hydrogen-bond donors (Lipinski definition) is 2. The number of nitrogens with one attached hydrogen (secondary N) is 1. The molecule has 1 aromatic heterocycles. The molecule has 2 N–H and O–H groups in total. The maximum atomic E-state index is 9.10. The standard InChI is InChI=1S/C15H20N2OS/c1-2-13(10-18)16-9-8-15-17-14(11-19-15)12-6-4-3-5-7-12/h3-7,11,13,16,18H,2,8-10H2,1H3. The van der Waals surface area contributed by atoms with Gasteiger partial charge in [-0.25, -0.2) is 4.98 Å². The first-order valence-electron chi connectivity index (χ1n) is 6.67. The van der Waals surface area contributed by atoms with Crippen molar-refractivity contribution in [2.24, 2.45) is 0 Å². The minimum atomic E-state index is 0.198. The van der Waals surface area contributed by atoms with Crippen LogP contribution in [-0.4, -0.2) is 29.3 Å². The van der Waals surface area contributed by atoms with Crippen LogP contribution in [0.2, 0.25) is 0 Å². The number of nitrogens with zero attached hydrogens (tertiary/aromatic N) is 1. The summed E-state index contributed by atoms with van der Waals surface area (Å²) in [6.07, 6.45) is 1.86. The van der Waals surface area contributed by atoms with Crippen molar-refractivity contribution in [1.29, 1.82) is 0 Å². The third-order valence-corrected chi connectivity index (χ3v) is 4.01. The number of aromatic nitrogens is 1. The van der Waals surface area contributed by atoms with Gasteiger partial charge in [0.1, 0.15) is 0 Å². The summed E-state index contributed by atoms with van der Waals surface area (Å²) in [5.41, 5.74) is 2.22. The number of thiazole rings is 1. The molecule has 0 aliphatic rings. The van der Waals surface area contributed by atoms with E-state index < -0.39 is 0 Å². The smallest absolute Gasteiger partial charge is 0.0945 e. The average Bonchev–Trinajstić information content (AvgIpc) is 2.93. The maximum Gasteiger partial charge on any atom is 0.0945 e. The van der Waals surface area contributed by atoms with Crippen LogP contribution in [0.15, 0.2) is 35.7 Å². The van der Waals surface area contributed by atoms with Crippen molar-refractivity contribution in [3.63, 3.8) is 0 Å². The minimum Gasteiger partial charge on any atom is -0.395 e. The van der Waals surface area contributed by atoms with Crippen molar-refractivity contribution in [1.82, 2.24) is 10.3 Å². The van der Waals surface area contributed by atoms with Gasteiger partial charge in [0.25, 0.3) is 0 Å². The number of hydrogen-bond acceptors (Lipinski definition) is 4. The highest BCUT2D eigenvalue weighted by molar-refractivity contribution is 7.09. The summed E-state index contributed by atoms with van der Waals surface area (Å²) >= 11 is 1.70. The molecule has 0 bridgehead atoms. The lowest BCUT2D eigenvalue weighted by Crippen LogP contribution is -2.33. The molecule has 1 heterocycles. The van der Waals surface area contributed by atoms with Crippen LogP contribution in [0.3, 0.4) is 0 Å². The molecule has 2 rings (SSSR count). The Hall–Kier alpha value is -1.23. The zero-order valence-corrected chi connectivity index (χ0v) is 12.0. The van der Waals surface area contributed by atoms with Crippen LogP contribution in [0.4, 0.5) is 0 Å². The molecule has 2 aromatic rings. The van der Waals surface area contributed by atoms with E-state index >= 15 is 0 Å². The lowest BCUT2D eigenvalue weighted by atomic mass is 10.2. The average molecular weight is 276 g/mol. The topological polar surface area (TPSA) is 45.1 Å². The summed E-state index contributed by atoms with van der Waals surface area (Å²) in [4.78, 5) is 4.65. The van der Waals surface area contributed by atoms with Gasteiger partial charge in [-0.3, -0.25) is 0 Å². The fraction of sp³-hybridized carbons (Fsp3) is 0.400. The summed E-state index contributed by atoms with van der Waals surface area (Å²) in [6.45, 7) is 3.13. The van der Waals surface area contributed by atoms with Crippen LogP contribution < -0.4 is 5.32 Å². The van der Waals surface area contributed by atoms with E-state index in [1.165, 1.54) is 5.56 Å². The second-order valence-electron chi connectivity index (χ2n) is 4.48. The lowest BCUT2D eigenvalue weighted by molar-refractivity contribution is 0.240. The van der Waals surface area contributed by atoms with Crippen LogP contribution >= 0.6 is 11.3 Å². The highest BCUT2D eigenvalue weighted by atomic mass is 32.1. The van der Waals surface area contributed by atoms with E-state index in [4.69, 9.17) is 5.11 Å². The van der Waals surface area contributed by atoms with E-state index in [0.29, 0.717) is 0 Å². The Morgan fingerprint density at radius 2 is 2.11 bits per heavy atom. The molecule has 3 nitrogen and oxygen atoms in total. The van der Waals surface area contributed by atoms with Crippen molar-refractivity contribution in [3.8, 4) is 11.3 Å². The van der Waals surface area contributed by atoms with Gasteiger partial charge in [-0.2, -0.15) is 0 Å². The van der Waals surface area contributed by atoms with Gasteiger partial charge < -0.3 is 10.4 Å². The molecular formula is C15H20N2OS. The Kier molecular flexibility index (Phi) is 5.51. The van der Waals surface area contributed by atoms with E-state index in [0.717, 1.165) is 30.1 Å². The van der Waals surface area contributed by atoms with Gasteiger partial charge in [-0.1, -0.05) is 37.3 Å². The Bertz CT molecular complexity index is 480. The molecule has 0 saturated carbocycles. The van der Waals surface area contributed by atoms with Gasteiger partial charge >= 0.3 is 0 Å². The predicted octanol–water partition coefficient (Wildman–Crippen LogP) is 2.71. The largest absolute Gasteiger partial charge is 0.395 e. The number of rotatable bonds is 7. The maximum absolute atomic E-state index is 9.10. The zero-order chi connectivity index (χ0) is 13.5. The molecule has 0 aliphatic carbocycles. The van der Waals surface area contributed by atoms with Crippen LogP contribution in [0.25, 0.3) is 11.3 Å². The molecule has 1 atom stereocenters. The van der Waals surface area contributed by atoms with Crippen molar-refractivity contribution in [3.05, 3.63) is 40.7 Å². The molecule has 0 fully saturated rings. The Labute approximate surface area is 118 Å². The Balaban J connectivity index is 1.88. The van der Waals surface area contributed by atoms with E-state index in [9.17, 15) is 0 Å². The lowest BCUT2D eigenvalue weighted by Gasteiger charge is -2.12. The monoisotopic (exact) mass is 276 g/mol. The fourth-order valence-corrected chi connectivity index (χ4v) is 2.70. The van der Waals surface area contributed by atoms with Crippen LogP contribution in [0.1, 0.15) is 18.4 Å². The first-order valence-corrected chi connectivity index (χ1v) is 7.55. The van der Waals surface area contributed by atoms with Crippen molar-refractivity contribution < 1.29 is 5.11 Å². The number of aliphatic hydroxyl groups excluding tert-OH is 1. The van der Waals surface area contributed by atoms with Gasteiger partial charge in [0.2, 0.25) is 0 Å². The SMILES string of the molecule is CCC(CO)NCCc1nc(-c2ccccc2)cs1. The van der Waals surface area contributed by atoms with Gasteiger partial charge in [0, 0.05) is 30.0 Å². The third-order valence-electron chi connectivity index (χ3n) is 3.11. The molecule has 102 valence electrons. The number of benzene rings is 1. The highest BCUT2D eigenvalue weighted by Gasteiger charge is 2.06. The molecule has 0 saturated heterocycles. The molecule has 0 spiro atoms. The van der Waals surface area contributed by atoms with E-state index in [1.807, 2.05) is 18.2 Å². The van der Waals surface area contributed by atoms with E-state index in [1.54, 1.807) is 11.3 Å². The first-order chi connectivity index (χ1) is 9.33. The summed E-state index contributed by atoms with van der Waals surface area (Å²) < 4.78 is 0. The predicted molar refractivity (Wildman–Crippen MR) is 80.4 cm³/mol. The van der Waals surface area contributed by atoms with Crippen molar-refractivity contribution in [2.75, 3.05) is 13.2 Å². The van der Waals surface area contributed by atoms with E-state index in [2.05, 4.69) is 34.7 Å². The van der Waals surface area contributed by atoms with Gasteiger partial charge in [0.05, 0.1) is 17.3 Å². The minimum absolute atomic E-state index is 0.198. The Morgan fingerprint density at radius 3 is 2.79 bits per heavy atom. The first kappa shape index (κ1) is 14.2. The van der Waals surface area contributed by atoms with E-state index in [-0.39, 0.29) is 12.6 Å². The second kappa shape index (κ2) is 7.38. The normalized spacial score (nSPS) is 12.5. The highest BCUT2D eigenvalue weighted by Crippen LogP contribution is 2.21. The molecule has 1 aromatic carbocycles. The molecule has 4 heteroatoms. The van der Waals surface area contributed by atoms with Crippen LogP contribution in [0, 0.1) is 0 Å². The summed E-state index contributed by atoms with van der Waals surface area (Å²) in [5.74, 6) is 0. The van der Waals surface area contributed by atoms with Gasteiger partial charge in [-0.15, -0.1) is 11.3 Å². The molecule has 0 amide bonds. The third kappa shape index (κ3) is 4.13.